The molecule has 1 fully saturated rings. The van der Waals surface area contributed by atoms with Gasteiger partial charge in [0.1, 0.15) is 16.4 Å². The first-order valence-electron chi connectivity index (χ1n) is 12.0. The Hall–Kier alpha value is -1.59. The van der Waals surface area contributed by atoms with Crippen LogP contribution in [0.5, 0.6) is 0 Å². The zero-order chi connectivity index (χ0) is 27.6. The molecule has 37 heavy (non-hydrogen) atoms. The Morgan fingerprint density at radius 2 is 1.73 bits per heavy atom. The molecule has 1 aliphatic rings. The van der Waals surface area contributed by atoms with Gasteiger partial charge in [-0.3, -0.25) is 0 Å². The fourth-order valence-corrected chi connectivity index (χ4v) is 8.63. The van der Waals surface area contributed by atoms with Gasteiger partial charge in [-0.05, 0) is 67.8 Å². The highest BCUT2D eigenvalue weighted by Gasteiger charge is 2.52. The van der Waals surface area contributed by atoms with Crippen LogP contribution in [0.3, 0.4) is 0 Å². The largest absolute Gasteiger partial charge is 0.381 e. The average molecular weight is 591 g/mol. The first-order chi connectivity index (χ1) is 17.0. The van der Waals surface area contributed by atoms with Crippen molar-refractivity contribution >= 4 is 39.3 Å². The van der Waals surface area contributed by atoms with Crippen LogP contribution in [0.15, 0.2) is 58.3 Å². The monoisotopic (exact) mass is 590 g/mol. The Morgan fingerprint density at radius 1 is 1.08 bits per heavy atom. The van der Waals surface area contributed by atoms with Gasteiger partial charge >= 0.3 is 0 Å². The summed E-state index contributed by atoms with van der Waals surface area (Å²) in [7, 11) is -9.21. The van der Waals surface area contributed by atoms with Crippen molar-refractivity contribution in [2.75, 3.05) is 19.5 Å². The molecule has 0 radical (unpaired) electrons. The molecule has 0 N–H and O–H groups in total. The van der Waals surface area contributed by atoms with Gasteiger partial charge in [0.05, 0.1) is 11.5 Å². The van der Waals surface area contributed by atoms with Crippen molar-refractivity contribution in [2.24, 2.45) is 5.92 Å². The molecular formula is C26H33ClF2O5S2Si. The van der Waals surface area contributed by atoms with E-state index in [1.807, 2.05) is 0 Å². The van der Waals surface area contributed by atoms with Crippen LogP contribution in [-0.2, 0) is 29.2 Å². The molecule has 3 rings (SSSR count). The zero-order valence-corrected chi connectivity index (χ0v) is 24.8. The number of rotatable bonds is 9. The molecule has 0 spiro atoms. The number of ether oxygens (including phenoxy) is 1. The van der Waals surface area contributed by atoms with E-state index in [0.29, 0.717) is 17.2 Å². The summed E-state index contributed by atoms with van der Waals surface area (Å²) in [4.78, 5) is -0.0745. The summed E-state index contributed by atoms with van der Waals surface area (Å²) in [5, 5.41) is 1.49. The van der Waals surface area contributed by atoms with Crippen LogP contribution in [0.2, 0.25) is 30.7 Å². The smallest absolute Gasteiger partial charge is 0.188 e. The molecule has 204 valence electrons. The maximum Gasteiger partial charge on any atom is 0.188 e. The summed E-state index contributed by atoms with van der Waals surface area (Å²) in [6, 6.07) is 9.21. The minimum atomic E-state index is -4.28. The lowest BCUT2D eigenvalue weighted by Gasteiger charge is -2.42. The molecule has 2 aromatic rings. The maximum absolute atomic E-state index is 15.3. The topological polar surface area (TPSA) is 77.5 Å². The summed E-state index contributed by atoms with van der Waals surface area (Å²) < 4.78 is 86.4. The maximum atomic E-state index is 15.3. The van der Waals surface area contributed by atoms with Gasteiger partial charge in [0.2, 0.25) is 0 Å². The van der Waals surface area contributed by atoms with Crippen LogP contribution >= 0.6 is 11.6 Å². The van der Waals surface area contributed by atoms with Crippen LogP contribution in [0.1, 0.15) is 24.8 Å². The van der Waals surface area contributed by atoms with Crippen LogP contribution in [0, 0.1) is 17.6 Å². The van der Waals surface area contributed by atoms with Crippen molar-refractivity contribution < 1.29 is 30.4 Å². The second-order valence-electron chi connectivity index (χ2n) is 10.9. The number of hydrogen-bond acceptors (Lipinski definition) is 5. The predicted octanol–water partition coefficient (Wildman–Crippen LogP) is 6.37. The highest BCUT2D eigenvalue weighted by molar-refractivity contribution is 7.93. The Morgan fingerprint density at radius 3 is 2.32 bits per heavy atom. The Balaban J connectivity index is 2.14. The van der Waals surface area contributed by atoms with Crippen molar-refractivity contribution in [1.29, 1.82) is 0 Å². The lowest BCUT2D eigenvalue weighted by atomic mass is 9.75. The van der Waals surface area contributed by atoms with E-state index >= 15 is 4.39 Å². The molecule has 0 heterocycles. The quantitative estimate of drug-likeness (QED) is 0.250. The SMILES string of the molecule is C[Si](C)(C)CCOC[C@@H]1C[C@](c2cc(F)ccc2F)(S(=O)(=O)c2ccc(Cl)cc2)CCC1=CS(C)(=O)=O. The van der Waals surface area contributed by atoms with Crippen LogP contribution in [-0.4, -0.2) is 44.4 Å². The van der Waals surface area contributed by atoms with E-state index in [-0.39, 0.29) is 36.3 Å². The third-order valence-electron chi connectivity index (χ3n) is 6.66. The van der Waals surface area contributed by atoms with Crippen molar-refractivity contribution in [3.05, 3.63) is 75.7 Å². The van der Waals surface area contributed by atoms with Gasteiger partial charge in [0, 0.05) is 42.8 Å². The number of halogens is 3. The minimum absolute atomic E-state index is 0.0674. The molecule has 5 nitrogen and oxygen atoms in total. The van der Waals surface area contributed by atoms with Gasteiger partial charge in [-0.1, -0.05) is 36.8 Å². The summed E-state index contributed by atoms with van der Waals surface area (Å²) in [6.07, 6.45) is 0.858. The molecule has 0 aromatic heterocycles. The number of sulfone groups is 2. The molecule has 0 amide bonds. The Kier molecular flexibility index (Phi) is 9.11. The Bertz CT molecular complexity index is 1370. The average Bonchev–Trinajstić information content (AvgIpc) is 2.78. The molecule has 11 heteroatoms. The van der Waals surface area contributed by atoms with E-state index in [0.717, 1.165) is 35.9 Å². The van der Waals surface area contributed by atoms with E-state index < -0.39 is 50.0 Å². The molecule has 0 bridgehead atoms. The second-order valence-corrected chi connectivity index (χ2v) is 21.1. The molecule has 0 saturated heterocycles. The molecule has 2 atom stereocenters. The summed E-state index contributed by atoms with van der Waals surface area (Å²) >= 11 is 5.97. The van der Waals surface area contributed by atoms with Crippen molar-refractivity contribution in [3.8, 4) is 0 Å². The summed E-state index contributed by atoms with van der Waals surface area (Å²) in [5.41, 5.74) is 0.252. The third-order valence-corrected chi connectivity index (χ3v) is 11.9. The van der Waals surface area contributed by atoms with Gasteiger partial charge < -0.3 is 4.74 Å². The fourth-order valence-electron chi connectivity index (χ4n) is 4.70. The van der Waals surface area contributed by atoms with E-state index in [9.17, 15) is 21.2 Å². The van der Waals surface area contributed by atoms with Crippen LogP contribution in [0.25, 0.3) is 0 Å². The number of hydrogen-bond donors (Lipinski definition) is 0. The van der Waals surface area contributed by atoms with Gasteiger partial charge in [-0.15, -0.1) is 0 Å². The lowest BCUT2D eigenvalue weighted by molar-refractivity contribution is 0.105. The van der Waals surface area contributed by atoms with Crippen molar-refractivity contribution in [3.63, 3.8) is 0 Å². The third kappa shape index (κ3) is 7.29. The molecule has 0 aliphatic heterocycles. The van der Waals surface area contributed by atoms with Gasteiger partial charge in [0.25, 0.3) is 0 Å². The Labute approximate surface area is 224 Å². The van der Waals surface area contributed by atoms with Gasteiger partial charge in [0.15, 0.2) is 19.7 Å². The molecular weight excluding hydrogens is 558 g/mol. The van der Waals surface area contributed by atoms with E-state index in [1.165, 1.54) is 24.3 Å². The van der Waals surface area contributed by atoms with E-state index in [1.54, 1.807) is 0 Å². The normalized spacial score (nSPS) is 22.4. The van der Waals surface area contributed by atoms with Crippen molar-refractivity contribution in [2.45, 2.75) is 54.6 Å². The minimum Gasteiger partial charge on any atom is -0.381 e. The van der Waals surface area contributed by atoms with Gasteiger partial charge in [-0.2, -0.15) is 0 Å². The van der Waals surface area contributed by atoms with Gasteiger partial charge in [-0.25, -0.2) is 25.6 Å². The van der Waals surface area contributed by atoms with Crippen LogP contribution < -0.4 is 0 Å². The first-order valence-corrected chi connectivity index (χ1v) is 19.5. The van der Waals surface area contributed by atoms with E-state index in [4.69, 9.17) is 16.3 Å². The molecule has 1 saturated carbocycles. The zero-order valence-electron chi connectivity index (χ0n) is 21.4. The highest BCUT2D eigenvalue weighted by Crippen LogP contribution is 2.51. The highest BCUT2D eigenvalue weighted by atomic mass is 35.5. The summed E-state index contributed by atoms with van der Waals surface area (Å²) in [6.45, 7) is 7.11. The molecule has 0 unspecified atom stereocenters. The predicted molar refractivity (Wildman–Crippen MR) is 146 cm³/mol. The first kappa shape index (κ1) is 30.0. The van der Waals surface area contributed by atoms with Crippen molar-refractivity contribution in [1.82, 2.24) is 0 Å². The number of benzene rings is 2. The standard InChI is InChI=1S/C26H33ClF2O5S2Si/c1-35(30,31)18-19-11-12-26(24-15-22(28)7-10-25(24)29,16-20(19)17-34-13-14-37(2,3)4)36(32,33)23-8-5-21(27)6-9-23/h5-10,15,18,20H,11-14,16-17H2,1-4H3/t20-,26+/m0/s1. The fraction of sp³-hybridized carbons (Fsp3) is 0.462. The molecule has 1 aliphatic carbocycles. The molecule has 2 aromatic carbocycles. The summed E-state index contributed by atoms with van der Waals surface area (Å²) in [5.74, 6) is -2.23. The second kappa shape index (κ2) is 11.3. The lowest BCUT2D eigenvalue weighted by Crippen LogP contribution is -2.43. The van der Waals surface area contributed by atoms with E-state index in [2.05, 4.69) is 19.6 Å². The van der Waals surface area contributed by atoms with Crippen LogP contribution in [0.4, 0.5) is 8.78 Å².